The van der Waals surface area contributed by atoms with Gasteiger partial charge in [-0.1, -0.05) is 37.6 Å². The second-order valence-corrected chi connectivity index (χ2v) is 9.80. The maximum Gasteiger partial charge on any atom is 0.269 e. The number of amides is 2. The van der Waals surface area contributed by atoms with Gasteiger partial charge < -0.3 is 9.47 Å². The highest BCUT2D eigenvalue weighted by Gasteiger charge is 2.36. The van der Waals surface area contributed by atoms with Crippen molar-refractivity contribution in [2.24, 2.45) is 0 Å². The molecule has 2 amide bonds. The third-order valence-electron chi connectivity index (χ3n) is 7.12. The number of benzene rings is 3. The summed E-state index contributed by atoms with van der Waals surface area (Å²) in [7, 11) is 0. The van der Waals surface area contributed by atoms with E-state index in [2.05, 4.69) is 0 Å². The number of hydrogen-bond donors (Lipinski definition) is 0. The van der Waals surface area contributed by atoms with E-state index in [9.17, 15) is 24.1 Å². The minimum absolute atomic E-state index is 0.0349. The topological polar surface area (TPSA) is 88.7 Å². The molecule has 4 aromatic rings. The third kappa shape index (κ3) is 5.79. The molecule has 1 aromatic heterocycles. The van der Waals surface area contributed by atoms with Gasteiger partial charge in [0.2, 0.25) is 11.8 Å². The Bertz CT molecular complexity index is 1590. The molecule has 0 saturated carbocycles. The highest BCUT2D eigenvalue weighted by molar-refractivity contribution is 6.02. The Kier molecular flexibility index (Phi) is 8.05. The largest absolute Gasteiger partial charge is 0.330 e. The quantitative estimate of drug-likeness (QED) is 0.138. The van der Waals surface area contributed by atoms with E-state index in [0.717, 1.165) is 23.4 Å². The van der Waals surface area contributed by atoms with Crippen LogP contribution >= 0.6 is 0 Å². The summed E-state index contributed by atoms with van der Waals surface area (Å²) < 4.78 is 15.9. The van der Waals surface area contributed by atoms with Gasteiger partial charge in [0, 0.05) is 31.0 Å². The number of fused-ring (bicyclic) bond motifs is 3. The molecule has 0 radical (unpaired) electrons. The molecular weight excluding hydrogens is 523 g/mol. The molecule has 1 unspecified atom stereocenters. The Morgan fingerprint density at radius 1 is 0.976 bits per heavy atom. The number of halogens is 1. The number of nitrogens with zero attached hydrogens (tertiary/aromatic N) is 4. The van der Waals surface area contributed by atoms with E-state index in [1.54, 1.807) is 35.2 Å². The van der Waals surface area contributed by atoms with Crippen LogP contribution in [0.2, 0.25) is 0 Å². The number of nitro groups is 1. The first-order valence-corrected chi connectivity index (χ1v) is 13.4. The summed E-state index contributed by atoms with van der Waals surface area (Å²) in [6.07, 6.45) is 6.46. The molecule has 9 heteroatoms. The molecule has 0 bridgehead atoms. The molecule has 0 fully saturated rings. The van der Waals surface area contributed by atoms with Crippen molar-refractivity contribution in [1.82, 2.24) is 9.47 Å². The molecule has 1 atom stereocenters. The molecule has 0 aliphatic carbocycles. The number of para-hydroxylation sites is 2. The predicted octanol–water partition coefficient (Wildman–Crippen LogP) is 6.30. The van der Waals surface area contributed by atoms with Gasteiger partial charge in [0.15, 0.2) is 0 Å². The summed E-state index contributed by atoms with van der Waals surface area (Å²) in [4.78, 5) is 41.1. The first-order chi connectivity index (χ1) is 19.9. The van der Waals surface area contributed by atoms with Crippen LogP contribution in [0.1, 0.15) is 42.6 Å². The second-order valence-electron chi connectivity index (χ2n) is 9.80. The monoisotopic (exact) mass is 552 g/mol. The molecule has 3 aromatic carbocycles. The van der Waals surface area contributed by atoms with Crippen LogP contribution < -0.4 is 4.90 Å². The lowest BCUT2D eigenvalue weighted by Gasteiger charge is -2.39. The van der Waals surface area contributed by atoms with Crippen LogP contribution in [0.15, 0.2) is 97.2 Å². The summed E-state index contributed by atoms with van der Waals surface area (Å²) in [5, 5.41) is 10.9. The van der Waals surface area contributed by atoms with Crippen molar-refractivity contribution in [3.8, 4) is 5.69 Å². The summed E-state index contributed by atoms with van der Waals surface area (Å²) in [6, 6.07) is 22.9. The first kappa shape index (κ1) is 27.5. The van der Waals surface area contributed by atoms with Gasteiger partial charge in [0.25, 0.3) is 5.69 Å². The van der Waals surface area contributed by atoms with Crippen molar-refractivity contribution >= 4 is 29.3 Å². The fourth-order valence-corrected chi connectivity index (χ4v) is 5.06. The first-order valence-electron chi connectivity index (χ1n) is 13.4. The molecule has 0 N–H and O–H groups in total. The van der Waals surface area contributed by atoms with Gasteiger partial charge in [-0.2, -0.15) is 0 Å². The Balaban J connectivity index is 1.46. The fourth-order valence-electron chi connectivity index (χ4n) is 5.06. The van der Waals surface area contributed by atoms with E-state index >= 15 is 0 Å². The summed E-state index contributed by atoms with van der Waals surface area (Å²) in [6.45, 7) is 2.24. The van der Waals surface area contributed by atoms with Crippen LogP contribution in [0.4, 0.5) is 15.8 Å². The minimum Gasteiger partial charge on any atom is -0.330 e. The lowest BCUT2D eigenvalue weighted by molar-refractivity contribution is -0.384. The van der Waals surface area contributed by atoms with E-state index in [-0.39, 0.29) is 29.9 Å². The number of anilines is 1. The Morgan fingerprint density at radius 3 is 2.37 bits per heavy atom. The molecule has 208 valence electrons. The summed E-state index contributed by atoms with van der Waals surface area (Å²) in [5.41, 5.74) is 3.73. The van der Waals surface area contributed by atoms with E-state index in [0.29, 0.717) is 24.2 Å². The van der Waals surface area contributed by atoms with E-state index in [4.69, 9.17) is 0 Å². The Labute approximate surface area is 237 Å². The maximum absolute atomic E-state index is 14.2. The van der Waals surface area contributed by atoms with Crippen molar-refractivity contribution in [3.63, 3.8) is 0 Å². The number of carbonyl (C=O) groups excluding carboxylic acids is 2. The van der Waals surface area contributed by atoms with Gasteiger partial charge in [-0.15, -0.1) is 0 Å². The Hall–Kier alpha value is -5.05. The van der Waals surface area contributed by atoms with Crippen molar-refractivity contribution in [2.75, 3.05) is 18.0 Å². The van der Waals surface area contributed by atoms with Gasteiger partial charge >= 0.3 is 0 Å². The number of non-ortho nitro benzene ring substituents is 1. The minimum atomic E-state index is -0.522. The zero-order valence-corrected chi connectivity index (χ0v) is 22.5. The number of rotatable bonds is 9. The highest BCUT2D eigenvalue weighted by Crippen LogP contribution is 2.42. The van der Waals surface area contributed by atoms with Gasteiger partial charge in [-0.25, -0.2) is 4.39 Å². The molecule has 2 heterocycles. The van der Waals surface area contributed by atoms with E-state index in [1.165, 1.54) is 35.2 Å². The zero-order valence-electron chi connectivity index (χ0n) is 22.5. The lowest BCUT2D eigenvalue weighted by Crippen LogP contribution is -2.46. The molecule has 8 nitrogen and oxygen atoms in total. The van der Waals surface area contributed by atoms with Crippen molar-refractivity contribution in [3.05, 3.63) is 130 Å². The van der Waals surface area contributed by atoms with Gasteiger partial charge in [0.05, 0.1) is 22.0 Å². The maximum atomic E-state index is 14.2. The fraction of sp³-hybridized carbons (Fsp3) is 0.188. The summed E-state index contributed by atoms with van der Waals surface area (Å²) >= 11 is 0. The van der Waals surface area contributed by atoms with Crippen LogP contribution in [0.3, 0.4) is 0 Å². The van der Waals surface area contributed by atoms with Gasteiger partial charge in [0.1, 0.15) is 18.4 Å². The number of unbranched alkanes of at least 4 members (excludes halogenated alkanes) is 1. The lowest BCUT2D eigenvalue weighted by atomic mass is 9.97. The smallest absolute Gasteiger partial charge is 0.269 e. The normalized spacial score (nSPS) is 14.0. The Morgan fingerprint density at radius 2 is 1.68 bits per heavy atom. The molecular formula is C32H29FN4O4. The zero-order chi connectivity index (χ0) is 28.9. The van der Waals surface area contributed by atoms with Gasteiger partial charge in [-0.05, 0) is 72.2 Å². The summed E-state index contributed by atoms with van der Waals surface area (Å²) in [5.74, 6) is -0.973. The van der Waals surface area contributed by atoms with E-state index < -0.39 is 11.0 Å². The second kappa shape index (κ2) is 12.0. The standard InChI is InChI=1S/C32H29FN4O4/c1-2-3-20-34(30(38)19-12-23-10-17-26(18-11-23)37(40)41)22-31(39)36-28-8-5-4-7-27(28)35-21-6-9-29(35)32(36)24-13-15-25(33)16-14-24/h4-19,21,32H,2-3,20,22H2,1H3. The molecule has 0 saturated heterocycles. The van der Waals surface area contributed by atoms with Crippen LogP contribution in [0.5, 0.6) is 0 Å². The highest BCUT2D eigenvalue weighted by atomic mass is 19.1. The third-order valence-corrected chi connectivity index (χ3v) is 7.12. The van der Waals surface area contributed by atoms with Crippen molar-refractivity contribution in [2.45, 2.75) is 25.8 Å². The van der Waals surface area contributed by atoms with Crippen LogP contribution in [0, 0.1) is 15.9 Å². The molecule has 41 heavy (non-hydrogen) atoms. The number of carbonyl (C=O) groups is 2. The van der Waals surface area contributed by atoms with Gasteiger partial charge in [-0.3, -0.25) is 24.6 Å². The SMILES string of the molecule is CCCCN(CC(=O)N1c2ccccc2-n2cccc2C1c1ccc(F)cc1)C(=O)C=Cc1ccc([N+](=O)[O-])cc1. The molecule has 0 spiro atoms. The molecule has 1 aliphatic heterocycles. The number of nitro benzene ring substituents is 1. The predicted molar refractivity (Wildman–Crippen MR) is 155 cm³/mol. The van der Waals surface area contributed by atoms with Crippen LogP contribution in [-0.2, 0) is 9.59 Å². The number of aromatic nitrogens is 1. The molecule has 5 rings (SSSR count). The molecule has 1 aliphatic rings. The number of hydrogen-bond acceptors (Lipinski definition) is 4. The average molecular weight is 553 g/mol. The average Bonchev–Trinajstić information content (AvgIpc) is 3.48. The van der Waals surface area contributed by atoms with Crippen molar-refractivity contribution in [1.29, 1.82) is 0 Å². The van der Waals surface area contributed by atoms with E-state index in [1.807, 2.05) is 54.1 Å². The van der Waals surface area contributed by atoms with Crippen molar-refractivity contribution < 1.29 is 18.9 Å². The van der Waals surface area contributed by atoms with Crippen LogP contribution in [-0.4, -0.2) is 39.3 Å². The van der Waals surface area contributed by atoms with Crippen LogP contribution in [0.25, 0.3) is 11.8 Å².